The molecular weight excluding hydrogens is 438 g/mol. The van der Waals surface area contributed by atoms with E-state index >= 15 is 0 Å². The van der Waals surface area contributed by atoms with Crippen molar-refractivity contribution in [1.29, 1.82) is 0 Å². The first-order chi connectivity index (χ1) is 16.2. The minimum atomic E-state index is -0.123. The second-order valence-electron chi connectivity index (χ2n) is 7.84. The number of aromatic nitrogens is 5. The quantitative estimate of drug-likeness (QED) is 0.468. The summed E-state index contributed by atoms with van der Waals surface area (Å²) in [6.07, 6.45) is 3.54. The first-order valence-corrected chi connectivity index (χ1v) is 11.2. The highest BCUT2D eigenvalue weighted by Gasteiger charge is 2.30. The highest BCUT2D eigenvalue weighted by Crippen LogP contribution is 2.31. The highest BCUT2D eigenvalue weighted by atomic mass is 35.5. The monoisotopic (exact) mass is 459 g/mol. The number of carbonyl (C=O) groups is 1. The first kappa shape index (κ1) is 21.2. The predicted octanol–water partition coefficient (Wildman–Crippen LogP) is 3.98. The Morgan fingerprint density at radius 1 is 1.03 bits per heavy atom. The second kappa shape index (κ2) is 9.48. The maximum Gasteiger partial charge on any atom is 0.259 e. The Bertz CT molecular complexity index is 1240. The van der Waals surface area contributed by atoms with Crippen LogP contribution in [0.25, 0.3) is 22.5 Å². The smallest absolute Gasteiger partial charge is 0.259 e. The van der Waals surface area contributed by atoms with Gasteiger partial charge in [0.05, 0.1) is 11.1 Å². The van der Waals surface area contributed by atoms with Crippen LogP contribution in [0.15, 0.2) is 66.9 Å². The molecule has 1 aliphatic heterocycles. The standard InChI is InChI=1S/C24H22ClN7O/c25-21-8-4-14-27-23(21)32(18-5-3-13-26-15-18)24(33)17-11-9-16(10-12-17)19-6-1-2-7-20(19)22-28-30-31-29-22/h1-2,4,6-12,14,18,26H,3,5,13,15H2,(H,28,29,30,31)/t18-/m1/s1. The summed E-state index contributed by atoms with van der Waals surface area (Å²) in [6, 6.07) is 18.9. The molecule has 2 N–H and O–H groups in total. The van der Waals surface area contributed by atoms with Crippen molar-refractivity contribution in [3.63, 3.8) is 0 Å². The molecule has 1 saturated heterocycles. The molecule has 0 saturated carbocycles. The number of carbonyl (C=O) groups excluding carboxylic acids is 1. The zero-order valence-electron chi connectivity index (χ0n) is 17.8. The van der Waals surface area contributed by atoms with E-state index in [1.165, 1.54) is 0 Å². The van der Waals surface area contributed by atoms with Crippen LogP contribution in [0.3, 0.4) is 0 Å². The average Bonchev–Trinajstić information content (AvgIpc) is 3.41. The van der Waals surface area contributed by atoms with E-state index in [4.69, 9.17) is 11.6 Å². The minimum absolute atomic E-state index is 0.0164. The van der Waals surface area contributed by atoms with Crippen molar-refractivity contribution in [2.45, 2.75) is 18.9 Å². The van der Waals surface area contributed by atoms with Crippen LogP contribution in [0.2, 0.25) is 5.02 Å². The summed E-state index contributed by atoms with van der Waals surface area (Å²) in [5, 5.41) is 18.2. The van der Waals surface area contributed by atoms with Crippen molar-refractivity contribution in [3.05, 3.63) is 77.4 Å². The second-order valence-corrected chi connectivity index (χ2v) is 8.25. The third-order valence-electron chi connectivity index (χ3n) is 5.78. The first-order valence-electron chi connectivity index (χ1n) is 10.8. The summed E-state index contributed by atoms with van der Waals surface area (Å²) in [6.45, 7) is 1.65. The van der Waals surface area contributed by atoms with Gasteiger partial charge in [-0.05, 0) is 60.0 Å². The van der Waals surface area contributed by atoms with Gasteiger partial charge in [0.1, 0.15) is 0 Å². The van der Waals surface area contributed by atoms with Gasteiger partial charge in [-0.25, -0.2) is 4.98 Å². The molecule has 2 aromatic carbocycles. The lowest BCUT2D eigenvalue weighted by Crippen LogP contribution is -2.49. The SMILES string of the molecule is O=C(c1ccc(-c2ccccc2-c2nn[nH]n2)cc1)N(c1ncccc1Cl)[C@@H]1CCCNC1. The minimum Gasteiger partial charge on any atom is -0.315 e. The summed E-state index contributed by atoms with van der Waals surface area (Å²) in [5.41, 5.74) is 3.34. The van der Waals surface area contributed by atoms with Crippen LogP contribution in [0.5, 0.6) is 0 Å². The van der Waals surface area contributed by atoms with Crippen LogP contribution in [0, 0.1) is 0 Å². The summed E-state index contributed by atoms with van der Waals surface area (Å²) in [7, 11) is 0. The fourth-order valence-corrected chi connectivity index (χ4v) is 4.39. The number of hydrogen-bond donors (Lipinski definition) is 2. The number of nitrogens with zero attached hydrogens (tertiary/aromatic N) is 5. The predicted molar refractivity (Wildman–Crippen MR) is 127 cm³/mol. The van der Waals surface area contributed by atoms with Crippen LogP contribution >= 0.6 is 11.6 Å². The van der Waals surface area contributed by atoms with Crippen molar-refractivity contribution in [2.24, 2.45) is 0 Å². The van der Waals surface area contributed by atoms with Crippen LogP contribution in [-0.2, 0) is 0 Å². The van der Waals surface area contributed by atoms with E-state index in [1.807, 2.05) is 48.5 Å². The zero-order chi connectivity index (χ0) is 22.6. The molecule has 33 heavy (non-hydrogen) atoms. The topological polar surface area (TPSA) is 99.7 Å². The Kier molecular flexibility index (Phi) is 6.10. The third-order valence-corrected chi connectivity index (χ3v) is 6.07. The van der Waals surface area contributed by atoms with E-state index in [0.717, 1.165) is 36.1 Å². The van der Waals surface area contributed by atoms with Gasteiger partial charge >= 0.3 is 0 Å². The number of benzene rings is 2. The van der Waals surface area contributed by atoms with Gasteiger partial charge in [-0.3, -0.25) is 9.69 Å². The molecule has 0 unspecified atom stereocenters. The third kappa shape index (κ3) is 4.35. The Labute approximate surface area is 196 Å². The zero-order valence-corrected chi connectivity index (χ0v) is 18.5. The van der Waals surface area contributed by atoms with Gasteiger partial charge in [-0.1, -0.05) is 48.0 Å². The van der Waals surface area contributed by atoms with Crippen LogP contribution in [-0.4, -0.2) is 50.6 Å². The molecule has 4 aromatic rings. The maximum absolute atomic E-state index is 13.7. The molecule has 8 nitrogen and oxygen atoms in total. The molecule has 0 aliphatic carbocycles. The molecule has 3 heterocycles. The number of anilines is 1. The van der Waals surface area contributed by atoms with Gasteiger partial charge in [-0.15, -0.1) is 10.2 Å². The number of piperidine rings is 1. The van der Waals surface area contributed by atoms with Crippen molar-refractivity contribution in [3.8, 4) is 22.5 Å². The van der Waals surface area contributed by atoms with Crippen molar-refractivity contribution in [2.75, 3.05) is 18.0 Å². The lowest BCUT2D eigenvalue weighted by Gasteiger charge is -2.34. The molecule has 2 aromatic heterocycles. The molecule has 0 bridgehead atoms. The number of aromatic amines is 1. The van der Waals surface area contributed by atoms with E-state index in [9.17, 15) is 4.79 Å². The summed E-state index contributed by atoms with van der Waals surface area (Å²) < 4.78 is 0. The Morgan fingerprint density at radius 2 is 1.85 bits per heavy atom. The average molecular weight is 460 g/mol. The number of H-pyrrole nitrogens is 1. The lowest BCUT2D eigenvalue weighted by molar-refractivity contribution is 0.0971. The molecule has 1 fully saturated rings. The summed E-state index contributed by atoms with van der Waals surface area (Å²) in [5.74, 6) is 0.887. The fraction of sp³-hybridized carbons (Fsp3) is 0.208. The van der Waals surface area contributed by atoms with E-state index < -0.39 is 0 Å². The molecule has 1 amide bonds. The van der Waals surface area contributed by atoms with Gasteiger partial charge < -0.3 is 5.32 Å². The van der Waals surface area contributed by atoms with E-state index in [1.54, 1.807) is 23.2 Å². The molecule has 1 aliphatic rings. The Balaban J connectivity index is 1.48. The van der Waals surface area contributed by atoms with Crippen LogP contribution in [0.4, 0.5) is 5.82 Å². The van der Waals surface area contributed by atoms with E-state index in [0.29, 0.717) is 28.8 Å². The highest BCUT2D eigenvalue weighted by molar-refractivity contribution is 6.33. The van der Waals surface area contributed by atoms with Gasteiger partial charge in [0.2, 0.25) is 5.82 Å². The fourth-order valence-electron chi connectivity index (χ4n) is 4.18. The summed E-state index contributed by atoms with van der Waals surface area (Å²) in [4.78, 5) is 19.8. The molecule has 1 atom stereocenters. The van der Waals surface area contributed by atoms with Gasteiger partial charge in [-0.2, -0.15) is 5.21 Å². The lowest BCUT2D eigenvalue weighted by atomic mass is 9.97. The summed E-state index contributed by atoms with van der Waals surface area (Å²) >= 11 is 6.44. The molecule has 0 spiro atoms. The number of nitrogens with one attached hydrogen (secondary N) is 2. The molecule has 5 rings (SSSR count). The van der Waals surface area contributed by atoms with Crippen molar-refractivity contribution in [1.82, 2.24) is 30.9 Å². The Hall–Kier alpha value is -3.62. The maximum atomic E-state index is 13.7. The number of pyridine rings is 1. The number of amides is 1. The van der Waals surface area contributed by atoms with Gasteiger partial charge in [0.25, 0.3) is 5.91 Å². The van der Waals surface area contributed by atoms with E-state index in [2.05, 4.69) is 30.9 Å². The van der Waals surface area contributed by atoms with Gasteiger partial charge in [0, 0.05) is 23.9 Å². The molecule has 9 heteroatoms. The largest absolute Gasteiger partial charge is 0.315 e. The van der Waals surface area contributed by atoms with Crippen LogP contribution < -0.4 is 10.2 Å². The normalized spacial score (nSPS) is 15.8. The van der Waals surface area contributed by atoms with Crippen LogP contribution in [0.1, 0.15) is 23.2 Å². The van der Waals surface area contributed by atoms with Crippen molar-refractivity contribution >= 4 is 23.3 Å². The van der Waals surface area contributed by atoms with Gasteiger partial charge in [0.15, 0.2) is 5.82 Å². The van der Waals surface area contributed by atoms with E-state index in [-0.39, 0.29) is 11.9 Å². The molecular formula is C24H22ClN7O. The number of hydrogen-bond acceptors (Lipinski definition) is 6. The molecule has 0 radical (unpaired) electrons. The number of halogens is 1. The number of tetrazole rings is 1. The number of rotatable bonds is 5. The molecule has 166 valence electrons. The van der Waals surface area contributed by atoms with Crippen molar-refractivity contribution < 1.29 is 4.79 Å². The Morgan fingerprint density at radius 3 is 2.55 bits per heavy atom.